The number of carbonyl (C=O) groups is 1. The highest BCUT2D eigenvalue weighted by Gasteiger charge is 2.24. The number of aromatic nitrogens is 1. The zero-order valence-electron chi connectivity index (χ0n) is 11.4. The maximum atomic E-state index is 12.1. The first-order chi connectivity index (χ1) is 9.83. The number of hydrogen-bond acceptors (Lipinski definition) is 3. The zero-order chi connectivity index (χ0) is 13.8. The Hall–Kier alpha value is -2.10. The minimum absolute atomic E-state index is 0.0167. The monoisotopic (exact) mass is 270 g/mol. The first-order valence-electron chi connectivity index (χ1n) is 7.06. The molecule has 0 radical (unpaired) electrons. The molecule has 0 bridgehead atoms. The van der Waals surface area contributed by atoms with Gasteiger partial charge in [-0.25, -0.2) is 0 Å². The van der Waals surface area contributed by atoms with E-state index in [9.17, 15) is 4.79 Å². The van der Waals surface area contributed by atoms with E-state index in [4.69, 9.17) is 4.52 Å². The van der Waals surface area contributed by atoms with Crippen LogP contribution in [0.1, 0.15) is 28.9 Å². The summed E-state index contributed by atoms with van der Waals surface area (Å²) in [6.07, 6.45) is 4.65. The molecule has 3 rings (SSSR count). The molecule has 20 heavy (non-hydrogen) atoms. The molecule has 0 unspecified atom stereocenters. The number of piperidine rings is 1. The first-order valence-corrected chi connectivity index (χ1v) is 7.06. The normalized spacial score (nSPS) is 16.3. The Bertz CT molecular complexity index is 543. The second kappa shape index (κ2) is 5.90. The van der Waals surface area contributed by atoms with Crippen molar-refractivity contribution >= 4 is 5.91 Å². The lowest BCUT2D eigenvalue weighted by Crippen LogP contribution is -2.39. The molecular formula is C16H18N2O2. The third kappa shape index (κ3) is 2.90. The van der Waals surface area contributed by atoms with Crippen LogP contribution in [0.2, 0.25) is 0 Å². The highest BCUT2D eigenvalue weighted by atomic mass is 16.5. The Morgan fingerprint density at radius 3 is 2.60 bits per heavy atom. The van der Waals surface area contributed by atoms with E-state index in [1.54, 1.807) is 6.07 Å². The van der Waals surface area contributed by atoms with Gasteiger partial charge in [0.05, 0.1) is 0 Å². The molecule has 1 fully saturated rings. The first kappa shape index (κ1) is 12.9. The van der Waals surface area contributed by atoms with Crippen molar-refractivity contribution < 1.29 is 9.32 Å². The van der Waals surface area contributed by atoms with Crippen LogP contribution in [0.15, 0.2) is 47.2 Å². The van der Waals surface area contributed by atoms with Gasteiger partial charge in [0.15, 0.2) is 5.69 Å². The van der Waals surface area contributed by atoms with E-state index in [1.807, 2.05) is 11.0 Å². The average molecular weight is 270 g/mol. The van der Waals surface area contributed by atoms with Crippen LogP contribution in [0.25, 0.3) is 0 Å². The van der Waals surface area contributed by atoms with Gasteiger partial charge in [-0.15, -0.1) is 0 Å². The number of benzene rings is 1. The predicted molar refractivity (Wildman–Crippen MR) is 75.3 cm³/mol. The number of likely N-dealkylation sites (tertiary alicyclic amines) is 1. The summed E-state index contributed by atoms with van der Waals surface area (Å²) in [5, 5.41) is 3.71. The molecule has 1 aliphatic rings. The maximum absolute atomic E-state index is 12.1. The maximum Gasteiger partial charge on any atom is 0.276 e. The Morgan fingerprint density at radius 1 is 1.20 bits per heavy atom. The molecule has 2 heterocycles. The lowest BCUT2D eigenvalue weighted by Gasteiger charge is -2.31. The van der Waals surface area contributed by atoms with Gasteiger partial charge in [-0.05, 0) is 30.7 Å². The van der Waals surface area contributed by atoms with Crippen LogP contribution in [0.3, 0.4) is 0 Å². The standard InChI is InChI=1S/C16H18N2O2/c19-16(15-8-11-20-17-15)18-9-6-14(7-10-18)12-13-4-2-1-3-5-13/h1-5,8,11,14H,6-7,9-10,12H2. The Morgan fingerprint density at radius 2 is 1.95 bits per heavy atom. The summed E-state index contributed by atoms with van der Waals surface area (Å²) in [6, 6.07) is 12.2. The molecule has 4 heteroatoms. The summed E-state index contributed by atoms with van der Waals surface area (Å²) in [5.41, 5.74) is 1.79. The van der Waals surface area contributed by atoms with Crippen LogP contribution in [0, 0.1) is 5.92 Å². The van der Waals surface area contributed by atoms with Gasteiger partial charge in [0.2, 0.25) is 0 Å². The summed E-state index contributed by atoms with van der Waals surface area (Å²) in [6.45, 7) is 1.62. The van der Waals surface area contributed by atoms with E-state index in [0.29, 0.717) is 11.6 Å². The molecule has 0 N–H and O–H groups in total. The topological polar surface area (TPSA) is 46.3 Å². The van der Waals surface area contributed by atoms with Crippen LogP contribution >= 0.6 is 0 Å². The van der Waals surface area contributed by atoms with E-state index in [2.05, 4.69) is 29.4 Å². The highest BCUT2D eigenvalue weighted by molar-refractivity contribution is 5.92. The second-order valence-corrected chi connectivity index (χ2v) is 5.31. The number of nitrogens with zero attached hydrogens (tertiary/aromatic N) is 2. The molecule has 104 valence electrons. The second-order valence-electron chi connectivity index (χ2n) is 5.31. The molecule has 0 aliphatic carbocycles. The lowest BCUT2D eigenvalue weighted by atomic mass is 9.90. The van der Waals surface area contributed by atoms with E-state index in [-0.39, 0.29) is 5.91 Å². The van der Waals surface area contributed by atoms with Crippen LogP contribution in [0.5, 0.6) is 0 Å². The summed E-state index contributed by atoms with van der Waals surface area (Å²) in [5.74, 6) is 0.649. The van der Waals surface area contributed by atoms with Gasteiger partial charge in [0.25, 0.3) is 5.91 Å². The van der Waals surface area contributed by atoms with Crippen LogP contribution in [-0.4, -0.2) is 29.1 Å². The molecule has 0 spiro atoms. The summed E-state index contributed by atoms with van der Waals surface area (Å²) >= 11 is 0. The van der Waals surface area contributed by atoms with Crippen molar-refractivity contribution in [2.75, 3.05) is 13.1 Å². The Labute approximate surface area is 118 Å². The van der Waals surface area contributed by atoms with E-state index >= 15 is 0 Å². The summed E-state index contributed by atoms with van der Waals surface area (Å²) < 4.78 is 4.73. The molecule has 0 atom stereocenters. The van der Waals surface area contributed by atoms with Crippen molar-refractivity contribution in [1.29, 1.82) is 0 Å². The van der Waals surface area contributed by atoms with Crippen LogP contribution in [-0.2, 0) is 6.42 Å². The Balaban J connectivity index is 1.53. The smallest absolute Gasteiger partial charge is 0.276 e. The van der Waals surface area contributed by atoms with E-state index in [1.165, 1.54) is 11.8 Å². The number of carbonyl (C=O) groups excluding carboxylic acids is 1. The van der Waals surface area contributed by atoms with Crippen molar-refractivity contribution in [2.24, 2.45) is 5.92 Å². The van der Waals surface area contributed by atoms with Crippen molar-refractivity contribution in [1.82, 2.24) is 10.1 Å². The van der Waals surface area contributed by atoms with Crippen molar-refractivity contribution in [3.05, 3.63) is 53.9 Å². The molecule has 0 saturated carbocycles. The molecule has 2 aromatic rings. The minimum atomic E-state index is -0.0167. The zero-order valence-corrected chi connectivity index (χ0v) is 11.4. The van der Waals surface area contributed by atoms with Gasteiger partial charge in [-0.2, -0.15) is 0 Å². The molecule has 1 aromatic carbocycles. The third-order valence-corrected chi connectivity index (χ3v) is 3.93. The fourth-order valence-electron chi connectivity index (χ4n) is 2.77. The quantitative estimate of drug-likeness (QED) is 0.861. The highest BCUT2D eigenvalue weighted by Crippen LogP contribution is 2.22. The van der Waals surface area contributed by atoms with Gasteiger partial charge in [0, 0.05) is 19.2 Å². The predicted octanol–water partition coefficient (Wildman–Crippen LogP) is 2.77. The van der Waals surface area contributed by atoms with Gasteiger partial charge < -0.3 is 9.42 Å². The van der Waals surface area contributed by atoms with Crippen molar-refractivity contribution in [2.45, 2.75) is 19.3 Å². The molecule has 1 amide bonds. The van der Waals surface area contributed by atoms with Crippen LogP contribution in [0.4, 0.5) is 0 Å². The van der Waals surface area contributed by atoms with Crippen molar-refractivity contribution in [3.8, 4) is 0 Å². The molecular weight excluding hydrogens is 252 g/mol. The molecule has 1 saturated heterocycles. The molecule has 4 nitrogen and oxygen atoms in total. The SMILES string of the molecule is O=C(c1ccon1)N1CCC(Cc2ccccc2)CC1. The summed E-state index contributed by atoms with van der Waals surface area (Å²) in [4.78, 5) is 14.0. The van der Waals surface area contributed by atoms with Crippen LogP contribution < -0.4 is 0 Å². The van der Waals surface area contributed by atoms with E-state index < -0.39 is 0 Å². The molecule has 1 aromatic heterocycles. The van der Waals surface area contributed by atoms with E-state index in [0.717, 1.165) is 32.4 Å². The van der Waals surface area contributed by atoms with Gasteiger partial charge in [-0.1, -0.05) is 35.5 Å². The minimum Gasteiger partial charge on any atom is -0.364 e. The fraction of sp³-hybridized carbons (Fsp3) is 0.375. The number of hydrogen-bond donors (Lipinski definition) is 0. The average Bonchev–Trinajstić information content (AvgIpc) is 3.03. The fourth-order valence-corrected chi connectivity index (χ4v) is 2.77. The van der Waals surface area contributed by atoms with Gasteiger partial charge >= 0.3 is 0 Å². The number of amides is 1. The lowest BCUT2D eigenvalue weighted by molar-refractivity contribution is 0.0680. The largest absolute Gasteiger partial charge is 0.364 e. The summed E-state index contributed by atoms with van der Waals surface area (Å²) in [7, 11) is 0. The van der Waals surface area contributed by atoms with Gasteiger partial charge in [0.1, 0.15) is 6.26 Å². The molecule has 1 aliphatic heterocycles. The van der Waals surface area contributed by atoms with Gasteiger partial charge in [-0.3, -0.25) is 4.79 Å². The number of rotatable bonds is 3. The van der Waals surface area contributed by atoms with Crippen molar-refractivity contribution in [3.63, 3.8) is 0 Å². The third-order valence-electron chi connectivity index (χ3n) is 3.93. The Kier molecular flexibility index (Phi) is 3.81.